The lowest BCUT2D eigenvalue weighted by Gasteiger charge is -2.28. The third-order valence-corrected chi connectivity index (χ3v) is 3.73. The Labute approximate surface area is 128 Å². The Bertz CT molecular complexity index is 590. The van der Waals surface area contributed by atoms with Crippen molar-refractivity contribution in [3.05, 3.63) is 35.9 Å². The molecular formula is C16H18N2O4. The van der Waals surface area contributed by atoms with Crippen LogP contribution in [0.3, 0.4) is 0 Å². The molecule has 1 aliphatic heterocycles. The van der Waals surface area contributed by atoms with Crippen molar-refractivity contribution in [3.63, 3.8) is 0 Å². The number of benzene rings is 1. The Balaban J connectivity index is 2.35. The second-order valence-corrected chi connectivity index (χ2v) is 5.63. The van der Waals surface area contributed by atoms with E-state index < -0.39 is 29.7 Å². The number of carbonyl (C=O) groups is 4. The molecule has 0 spiro atoms. The number of nitrogens with one attached hydrogen (secondary N) is 2. The second-order valence-electron chi connectivity index (χ2n) is 5.63. The average Bonchev–Trinajstić information content (AvgIpc) is 2.45. The lowest BCUT2D eigenvalue weighted by molar-refractivity contribution is -0.137. The fourth-order valence-corrected chi connectivity index (χ4v) is 2.48. The molecule has 116 valence electrons. The minimum atomic E-state index is -1.09. The van der Waals surface area contributed by atoms with Crippen LogP contribution in [0.1, 0.15) is 31.7 Å². The van der Waals surface area contributed by atoms with Crippen molar-refractivity contribution in [2.24, 2.45) is 11.8 Å². The van der Waals surface area contributed by atoms with Crippen molar-refractivity contribution in [2.45, 2.75) is 26.2 Å². The summed E-state index contributed by atoms with van der Waals surface area (Å²) in [5.41, 5.74) is 0.723. The Morgan fingerprint density at radius 2 is 1.59 bits per heavy atom. The van der Waals surface area contributed by atoms with Gasteiger partial charge in [0.25, 0.3) is 0 Å². The molecule has 4 amide bonds. The van der Waals surface area contributed by atoms with Crippen LogP contribution in [0.2, 0.25) is 0 Å². The molecule has 1 unspecified atom stereocenters. The topological polar surface area (TPSA) is 92.3 Å². The quantitative estimate of drug-likeness (QED) is 0.803. The number of amides is 4. The molecule has 1 atom stereocenters. The van der Waals surface area contributed by atoms with Gasteiger partial charge in [0.15, 0.2) is 0 Å². The molecule has 1 saturated heterocycles. The maximum absolute atomic E-state index is 12.1. The lowest BCUT2D eigenvalue weighted by atomic mass is 9.79. The molecule has 0 radical (unpaired) electrons. The van der Waals surface area contributed by atoms with E-state index in [1.54, 1.807) is 38.1 Å². The maximum atomic E-state index is 12.1. The molecule has 0 saturated carbocycles. The third-order valence-electron chi connectivity index (χ3n) is 3.73. The van der Waals surface area contributed by atoms with E-state index in [2.05, 4.69) is 10.6 Å². The molecule has 0 aliphatic carbocycles. The molecule has 1 fully saturated rings. The van der Waals surface area contributed by atoms with E-state index in [1.807, 2.05) is 6.07 Å². The van der Waals surface area contributed by atoms with Crippen molar-refractivity contribution < 1.29 is 19.2 Å². The summed E-state index contributed by atoms with van der Waals surface area (Å²) < 4.78 is 0. The minimum absolute atomic E-state index is 0.0358. The summed E-state index contributed by atoms with van der Waals surface area (Å²) in [5, 5.41) is 4.18. The van der Waals surface area contributed by atoms with Crippen LogP contribution in [0, 0.1) is 11.8 Å². The van der Waals surface area contributed by atoms with Gasteiger partial charge in [-0.15, -0.1) is 0 Å². The van der Waals surface area contributed by atoms with Gasteiger partial charge < -0.3 is 0 Å². The van der Waals surface area contributed by atoms with Crippen molar-refractivity contribution in [2.75, 3.05) is 0 Å². The van der Waals surface area contributed by atoms with E-state index in [-0.39, 0.29) is 18.1 Å². The first-order chi connectivity index (χ1) is 10.4. The summed E-state index contributed by atoms with van der Waals surface area (Å²) in [6, 6.07) is 8.10. The van der Waals surface area contributed by atoms with Crippen LogP contribution in [-0.2, 0) is 14.4 Å². The summed E-state index contributed by atoms with van der Waals surface area (Å²) in [6.07, 6.45) is 0.0708. The molecule has 6 nitrogen and oxygen atoms in total. The molecule has 2 rings (SSSR count). The van der Waals surface area contributed by atoms with Crippen LogP contribution in [0.4, 0.5) is 4.79 Å². The van der Waals surface area contributed by atoms with Crippen molar-refractivity contribution in [3.8, 4) is 0 Å². The first-order valence-electron chi connectivity index (χ1n) is 7.13. The average molecular weight is 302 g/mol. The highest BCUT2D eigenvalue weighted by molar-refractivity contribution is 6.16. The Morgan fingerprint density at radius 3 is 2.09 bits per heavy atom. The highest BCUT2D eigenvalue weighted by atomic mass is 16.2. The number of imide groups is 2. The van der Waals surface area contributed by atoms with Gasteiger partial charge in [-0.25, -0.2) is 4.79 Å². The lowest BCUT2D eigenvalue weighted by Crippen LogP contribution is -2.57. The molecule has 1 aromatic rings. The fourth-order valence-electron chi connectivity index (χ4n) is 2.48. The van der Waals surface area contributed by atoms with Gasteiger partial charge in [0.1, 0.15) is 11.7 Å². The van der Waals surface area contributed by atoms with E-state index >= 15 is 0 Å². The second kappa shape index (κ2) is 6.51. The predicted molar refractivity (Wildman–Crippen MR) is 78.8 cm³/mol. The van der Waals surface area contributed by atoms with E-state index in [9.17, 15) is 19.2 Å². The summed E-state index contributed by atoms with van der Waals surface area (Å²) in [7, 11) is 0. The summed E-state index contributed by atoms with van der Waals surface area (Å²) in [4.78, 5) is 47.5. The molecule has 1 aliphatic rings. The number of hydrogen-bond acceptors (Lipinski definition) is 4. The highest BCUT2D eigenvalue weighted by Crippen LogP contribution is 2.31. The molecule has 22 heavy (non-hydrogen) atoms. The maximum Gasteiger partial charge on any atom is 0.328 e. The van der Waals surface area contributed by atoms with Gasteiger partial charge in [-0.2, -0.15) is 0 Å². The third kappa shape index (κ3) is 3.39. The first-order valence-corrected chi connectivity index (χ1v) is 7.13. The number of Topliss-reactive ketones (excluding diaryl/α,β-unsaturated/α-hetero) is 1. The number of rotatable bonds is 5. The number of barbiturate groups is 1. The molecule has 0 bridgehead atoms. The SMILES string of the molecule is CC(C)C(=O)CC(c1ccccc1)C1C(=O)NC(=O)NC1=O. The summed E-state index contributed by atoms with van der Waals surface area (Å²) in [5.74, 6) is -3.25. The summed E-state index contributed by atoms with van der Waals surface area (Å²) in [6.45, 7) is 3.55. The number of hydrogen-bond donors (Lipinski definition) is 2. The zero-order chi connectivity index (χ0) is 16.3. The number of carbonyl (C=O) groups excluding carboxylic acids is 4. The van der Waals surface area contributed by atoms with Crippen LogP contribution in [0.15, 0.2) is 30.3 Å². The van der Waals surface area contributed by atoms with Crippen LogP contribution >= 0.6 is 0 Å². The van der Waals surface area contributed by atoms with Gasteiger partial charge in [-0.3, -0.25) is 25.0 Å². The van der Waals surface area contributed by atoms with Gasteiger partial charge in [0.05, 0.1) is 0 Å². The van der Waals surface area contributed by atoms with E-state index in [4.69, 9.17) is 0 Å². The highest BCUT2D eigenvalue weighted by Gasteiger charge is 2.41. The van der Waals surface area contributed by atoms with Crippen molar-refractivity contribution in [1.82, 2.24) is 10.6 Å². The number of ketones is 1. The van der Waals surface area contributed by atoms with Gasteiger partial charge in [-0.1, -0.05) is 44.2 Å². The monoisotopic (exact) mass is 302 g/mol. The van der Waals surface area contributed by atoms with Crippen LogP contribution in [0.25, 0.3) is 0 Å². The van der Waals surface area contributed by atoms with Gasteiger partial charge in [0, 0.05) is 18.3 Å². The zero-order valence-corrected chi connectivity index (χ0v) is 12.5. The van der Waals surface area contributed by atoms with Crippen molar-refractivity contribution >= 4 is 23.6 Å². The zero-order valence-electron chi connectivity index (χ0n) is 12.5. The minimum Gasteiger partial charge on any atom is -0.299 e. The fraction of sp³-hybridized carbons (Fsp3) is 0.375. The molecule has 0 aromatic heterocycles. The molecule has 1 aromatic carbocycles. The van der Waals surface area contributed by atoms with E-state index in [1.165, 1.54) is 0 Å². The van der Waals surface area contributed by atoms with Crippen LogP contribution in [-0.4, -0.2) is 23.6 Å². The molecule has 2 N–H and O–H groups in total. The van der Waals surface area contributed by atoms with Crippen LogP contribution < -0.4 is 10.6 Å². The molecule has 6 heteroatoms. The molecular weight excluding hydrogens is 284 g/mol. The van der Waals surface area contributed by atoms with Crippen LogP contribution in [0.5, 0.6) is 0 Å². The van der Waals surface area contributed by atoms with Gasteiger partial charge >= 0.3 is 6.03 Å². The Kier molecular flexibility index (Phi) is 4.70. The van der Waals surface area contributed by atoms with E-state index in [0.29, 0.717) is 0 Å². The standard InChI is InChI=1S/C16H18N2O4/c1-9(2)12(19)8-11(10-6-4-3-5-7-10)13-14(20)17-16(22)18-15(13)21/h3-7,9,11,13H,8H2,1-2H3,(H2,17,18,20,21,22). The smallest absolute Gasteiger partial charge is 0.299 e. The van der Waals surface area contributed by atoms with Gasteiger partial charge in [-0.05, 0) is 5.56 Å². The molecule has 1 heterocycles. The van der Waals surface area contributed by atoms with Crippen molar-refractivity contribution in [1.29, 1.82) is 0 Å². The normalized spacial score (nSPS) is 17.1. The summed E-state index contributed by atoms with van der Waals surface area (Å²) >= 11 is 0. The van der Waals surface area contributed by atoms with E-state index in [0.717, 1.165) is 5.56 Å². The predicted octanol–water partition coefficient (Wildman–Crippen LogP) is 1.37. The largest absolute Gasteiger partial charge is 0.328 e. The number of urea groups is 1. The Hall–Kier alpha value is -2.50. The first kappa shape index (κ1) is 15.9. The Morgan fingerprint density at radius 1 is 1.05 bits per heavy atom. The van der Waals surface area contributed by atoms with Gasteiger partial charge in [0.2, 0.25) is 11.8 Å².